The summed E-state index contributed by atoms with van der Waals surface area (Å²) >= 11 is 0. The molecule has 0 fully saturated rings. The molecule has 1 unspecified atom stereocenters. The summed E-state index contributed by atoms with van der Waals surface area (Å²) in [6.07, 6.45) is 0.331. The summed E-state index contributed by atoms with van der Waals surface area (Å²) < 4.78 is 2.11. The zero-order chi connectivity index (χ0) is 18.7. The van der Waals surface area contributed by atoms with Gasteiger partial charge in [0.2, 0.25) is 0 Å². The van der Waals surface area contributed by atoms with E-state index in [0.29, 0.717) is 17.9 Å². The Labute approximate surface area is 150 Å². The van der Waals surface area contributed by atoms with Crippen molar-refractivity contribution in [2.75, 3.05) is 7.05 Å². The molecule has 0 saturated heterocycles. The van der Waals surface area contributed by atoms with Crippen molar-refractivity contribution >= 4 is 5.91 Å². The lowest BCUT2D eigenvalue weighted by atomic mass is 10.0. The molecule has 0 bridgehead atoms. The average molecular weight is 337 g/mol. The Morgan fingerprint density at radius 1 is 1.20 bits per heavy atom. The van der Waals surface area contributed by atoms with Crippen LogP contribution >= 0.6 is 0 Å². The van der Waals surface area contributed by atoms with Crippen LogP contribution in [0.3, 0.4) is 0 Å². The van der Waals surface area contributed by atoms with Crippen LogP contribution < -0.4 is 0 Å². The van der Waals surface area contributed by atoms with Crippen LogP contribution in [0.15, 0.2) is 30.3 Å². The molecule has 0 saturated carbocycles. The maximum absolute atomic E-state index is 12.8. The minimum absolute atomic E-state index is 0.0408. The Bertz CT molecular complexity index is 794. The molecule has 132 valence electrons. The van der Waals surface area contributed by atoms with E-state index in [0.717, 1.165) is 17.1 Å². The first kappa shape index (κ1) is 18.8. The van der Waals surface area contributed by atoms with Crippen molar-refractivity contribution in [3.8, 4) is 11.8 Å². The van der Waals surface area contributed by atoms with Crippen molar-refractivity contribution in [3.63, 3.8) is 0 Å². The molecule has 25 heavy (non-hydrogen) atoms. The summed E-state index contributed by atoms with van der Waals surface area (Å²) in [4.78, 5) is 14.5. The largest absolute Gasteiger partial charge is 0.338 e. The summed E-state index contributed by atoms with van der Waals surface area (Å²) in [6.45, 7) is 10.2. The van der Waals surface area contributed by atoms with E-state index < -0.39 is 0 Å². The van der Waals surface area contributed by atoms with E-state index in [2.05, 4.69) is 48.7 Å². The molecule has 1 aromatic heterocycles. The molecule has 1 atom stereocenters. The van der Waals surface area contributed by atoms with Crippen molar-refractivity contribution in [2.45, 2.75) is 53.0 Å². The fourth-order valence-corrected chi connectivity index (χ4v) is 3.04. The van der Waals surface area contributed by atoms with Gasteiger partial charge in [0.15, 0.2) is 0 Å². The number of carbonyl (C=O) groups excluding carboxylic acids is 1. The van der Waals surface area contributed by atoms with Crippen LogP contribution in [0.5, 0.6) is 0 Å². The normalized spacial score (nSPS) is 12.1. The van der Waals surface area contributed by atoms with E-state index in [1.54, 1.807) is 11.9 Å². The van der Waals surface area contributed by atoms with Crippen LogP contribution in [0.4, 0.5) is 0 Å². The number of carbonyl (C=O) groups is 1. The number of aromatic nitrogens is 1. The highest BCUT2D eigenvalue weighted by molar-refractivity contribution is 5.96. The zero-order valence-corrected chi connectivity index (χ0v) is 16.0. The number of rotatable bonds is 5. The number of nitriles is 1. The number of nitrogens with zero attached hydrogens (tertiary/aromatic N) is 3. The van der Waals surface area contributed by atoms with E-state index in [-0.39, 0.29) is 11.9 Å². The van der Waals surface area contributed by atoms with Gasteiger partial charge in [-0.25, -0.2) is 0 Å². The second-order valence-corrected chi connectivity index (χ2v) is 6.99. The highest BCUT2D eigenvalue weighted by Crippen LogP contribution is 2.24. The molecule has 0 N–H and O–H groups in total. The zero-order valence-electron chi connectivity index (χ0n) is 16.0. The molecule has 4 nitrogen and oxygen atoms in total. The van der Waals surface area contributed by atoms with Gasteiger partial charge in [0.1, 0.15) is 0 Å². The Hall–Kier alpha value is -2.54. The molecule has 0 radical (unpaired) electrons. The van der Waals surface area contributed by atoms with E-state index in [9.17, 15) is 4.79 Å². The lowest BCUT2D eigenvalue weighted by Crippen LogP contribution is -2.35. The minimum Gasteiger partial charge on any atom is -0.338 e. The van der Waals surface area contributed by atoms with Crippen molar-refractivity contribution in [1.82, 2.24) is 9.47 Å². The van der Waals surface area contributed by atoms with Gasteiger partial charge in [-0.2, -0.15) is 5.26 Å². The van der Waals surface area contributed by atoms with E-state index in [4.69, 9.17) is 5.26 Å². The Kier molecular flexibility index (Phi) is 5.69. The van der Waals surface area contributed by atoms with Crippen molar-refractivity contribution < 1.29 is 4.79 Å². The molecular weight excluding hydrogens is 310 g/mol. The first-order valence-corrected chi connectivity index (χ1v) is 8.71. The highest BCUT2D eigenvalue weighted by Gasteiger charge is 2.22. The molecule has 1 amide bonds. The van der Waals surface area contributed by atoms with Gasteiger partial charge in [-0.05, 0) is 50.5 Å². The maximum atomic E-state index is 12.8. The number of hydrogen-bond acceptors (Lipinski definition) is 2. The molecule has 2 rings (SSSR count). The van der Waals surface area contributed by atoms with Gasteiger partial charge in [0, 0.05) is 30.2 Å². The fourth-order valence-electron chi connectivity index (χ4n) is 3.04. The number of benzene rings is 1. The first-order chi connectivity index (χ1) is 11.8. The summed E-state index contributed by atoms with van der Waals surface area (Å²) in [5.74, 6) is 0.453. The Morgan fingerprint density at radius 2 is 1.80 bits per heavy atom. The molecular formula is C21H27N3O. The third-order valence-corrected chi connectivity index (χ3v) is 4.85. The topological polar surface area (TPSA) is 49.0 Å². The molecule has 4 heteroatoms. The van der Waals surface area contributed by atoms with Crippen molar-refractivity contribution in [3.05, 3.63) is 52.8 Å². The predicted octanol–water partition coefficient (Wildman–Crippen LogP) is 4.59. The Balaban J connectivity index is 2.38. The number of amides is 1. The average Bonchev–Trinajstić information content (AvgIpc) is 2.88. The van der Waals surface area contributed by atoms with Gasteiger partial charge < -0.3 is 9.47 Å². The predicted molar refractivity (Wildman–Crippen MR) is 101 cm³/mol. The summed E-state index contributed by atoms with van der Waals surface area (Å²) in [6, 6.07) is 12.4. The smallest absolute Gasteiger partial charge is 0.255 e. The van der Waals surface area contributed by atoms with Gasteiger partial charge in [0.25, 0.3) is 5.91 Å². The SMILES string of the molecule is Cc1cc(C(=O)N(C)C(C)CC#N)c(C)n1-c1ccc(C(C)C)cc1. The molecule has 1 aromatic carbocycles. The second kappa shape index (κ2) is 7.57. The summed E-state index contributed by atoms with van der Waals surface area (Å²) in [5.41, 5.74) is 5.01. The van der Waals surface area contributed by atoms with Gasteiger partial charge in [-0.15, -0.1) is 0 Å². The van der Waals surface area contributed by atoms with Crippen LogP contribution in [-0.4, -0.2) is 28.5 Å². The molecule has 1 heterocycles. The van der Waals surface area contributed by atoms with Gasteiger partial charge in [-0.1, -0.05) is 26.0 Å². The molecule has 2 aromatic rings. The van der Waals surface area contributed by atoms with Crippen LogP contribution in [-0.2, 0) is 0 Å². The monoisotopic (exact) mass is 337 g/mol. The van der Waals surface area contributed by atoms with Crippen LogP contribution in [0.1, 0.15) is 60.4 Å². The summed E-state index contributed by atoms with van der Waals surface area (Å²) in [5, 5.41) is 8.86. The Morgan fingerprint density at radius 3 is 2.32 bits per heavy atom. The standard InChI is InChI=1S/C21H27N3O/c1-14(2)18-7-9-19(10-8-18)24-16(4)13-20(17(24)5)21(25)23(6)15(3)11-12-22/h7-10,13-15H,11H2,1-6H3. The third kappa shape index (κ3) is 3.76. The highest BCUT2D eigenvalue weighted by atomic mass is 16.2. The molecule has 0 aliphatic rings. The lowest BCUT2D eigenvalue weighted by Gasteiger charge is -2.23. The lowest BCUT2D eigenvalue weighted by molar-refractivity contribution is 0.0745. The third-order valence-electron chi connectivity index (χ3n) is 4.85. The van der Waals surface area contributed by atoms with Gasteiger partial charge >= 0.3 is 0 Å². The molecule has 0 aliphatic carbocycles. The molecule has 0 aliphatic heterocycles. The van der Waals surface area contributed by atoms with E-state index >= 15 is 0 Å². The van der Waals surface area contributed by atoms with Gasteiger partial charge in [-0.3, -0.25) is 4.79 Å². The number of aryl methyl sites for hydroxylation is 1. The van der Waals surface area contributed by atoms with Crippen LogP contribution in [0.25, 0.3) is 5.69 Å². The second-order valence-electron chi connectivity index (χ2n) is 6.99. The molecule has 0 spiro atoms. The fraction of sp³-hybridized carbons (Fsp3) is 0.429. The quantitative estimate of drug-likeness (QED) is 0.801. The van der Waals surface area contributed by atoms with Crippen LogP contribution in [0.2, 0.25) is 0 Å². The first-order valence-electron chi connectivity index (χ1n) is 8.71. The van der Waals surface area contributed by atoms with Crippen molar-refractivity contribution in [2.24, 2.45) is 0 Å². The van der Waals surface area contributed by atoms with E-state index in [1.165, 1.54) is 5.56 Å². The minimum atomic E-state index is -0.106. The van der Waals surface area contributed by atoms with Gasteiger partial charge in [0.05, 0.1) is 18.1 Å². The maximum Gasteiger partial charge on any atom is 0.255 e. The number of hydrogen-bond donors (Lipinski definition) is 0. The van der Waals surface area contributed by atoms with E-state index in [1.807, 2.05) is 26.8 Å². The summed E-state index contributed by atoms with van der Waals surface area (Å²) in [7, 11) is 1.76. The van der Waals surface area contributed by atoms with Crippen molar-refractivity contribution in [1.29, 1.82) is 5.26 Å². The van der Waals surface area contributed by atoms with Crippen LogP contribution in [0, 0.1) is 25.2 Å².